The summed E-state index contributed by atoms with van der Waals surface area (Å²) in [5, 5.41) is 4.76. The lowest BCUT2D eigenvalue weighted by Crippen LogP contribution is -1.71. The van der Waals surface area contributed by atoms with E-state index in [1.807, 2.05) is 18.2 Å². The quantitative estimate of drug-likeness (QED) is 0.318. The van der Waals surface area contributed by atoms with E-state index in [1.54, 1.807) is 11.3 Å². The normalized spacial score (nSPS) is 10.8. The Bertz CT molecular complexity index is 517. The third-order valence-electron chi connectivity index (χ3n) is 2.19. The minimum atomic E-state index is 0.526. The molecule has 3 nitrogen and oxygen atoms in total. The molecule has 0 aliphatic carbocycles. The summed E-state index contributed by atoms with van der Waals surface area (Å²) < 4.78 is 1.30. The second-order valence-corrected chi connectivity index (χ2v) is 4.45. The van der Waals surface area contributed by atoms with E-state index in [9.17, 15) is 0 Å². The topological polar surface area (TPSA) is 48.8 Å². The second-order valence-electron chi connectivity index (χ2n) is 3.33. The van der Waals surface area contributed by atoms with Gasteiger partial charge in [-0.1, -0.05) is 29.4 Å². The first-order valence-electron chi connectivity index (χ1n) is 5.06. The van der Waals surface area contributed by atoms with E-state index in [-0.39, 0.29) is 0 Å². The molecule has 0 aliphatic rings. The van der Waals surface area contributed by atoms with Gasteiger partial charge >= 0.3 is 0 Å². The molecule has 0 saturated carbocycles. The Labute approximate surface area is 97.7 Å². The van der Waals surface area contributed by atoms with Crippen molar-refractivity contribution in [2.75, 3.05) is 6.54 Å². The van der Waals surface area contributed by atoms with Gasteiger partial charge in [0.05, 0.1) is 0 Å². The van der Waals surface area contributed by atoms with Gasteiger partial charge in [-0.3, -0.25) is 0 Å². The summed E-state index contributed by atoms with van der Waals surface area (Å²) in [5.41, 5.74) is 8.11. The molecule has 0 fully saturated rings. The van der Waals surface area contributed by atoms with E-state index in [1.165, 1.54) is 15.0 Å². The summed E-state index contributed by atoms with van der Waals surface area (Å²) in [5.74, 6) is 0. The number of nitrogens with zero attached hydrogens (tertiary/aromatic N) is 3. The molecule has 0 spiro atoms. The molecule has 0 unspecified atom stereocenters. The fraction of sp³-hybridized carbons (Fsp3) is 0.167. The first kappa shape index (κ1) is 10.7. The van der Waals surface area contributed by atoms with Gasteiger partial charge in [-0.2, -0.15) is 0 Å². The highest BCUT2D eigenvalue weighted by Gasteiger charge is 1.96. The van der Waals surface area contributed by atoms with Crippen molar-refractivity contribution in [3.63, 3.8) is 0 Å². The zero-order valence-corrected chi connectivity index (χ0v) is 9.52. The minimum absolute atomic E-state index is 0.526. The van der Waals surface area contributed by atoms with Gasteiger partial charge in [-0.05, 0) is 35.5 Å². The highest BCUT2D eigenvalue weighted by molar-refractivity contribution is 7.19. The zero-order chi connectivity index (χ0) is 11.2. The van der Waals surface area contributed by atoms with Crippen molar-refractivity contribution in [2.24, 2.45) is 5.11 Å². The van der Waals surface area contributed by atoms with Crippen LogP contribution in [0.2, 0.25) is 0 Å². The molecule has 0 radical (unpaired) electrons. The van der Waals surface area contributed by atoms with Crippen LogP contribution in [0.3, 0.4) is 0 Å². The standard InChI is InChI=1S/C12H11N3S/c13-15-14-8-4-3-6-11-9-10-5-1-2-7-12(10)16-11/h1-3,5-7,9H,4,8H2. The summed E-state index contributed by atoms with van der Waals surface area (Å²) in [6.07, 6.45) is 4.91. The molecule has 80 valence electrons. The summed E-state index contributed by atoms with van der Waals surface area (Å²) in [6.45, 7) is 0.526. The average molecular weight is 229 g/mol. The maximum atomic E-state index is 8.11. The van der Waals surface area contributed by atoms with Crippen molar-refractivity contribution in [3.05, 3.63) is 51.7 Å². The molecule has 1 aromatic heterocycles. The Morgan fingerprint density at radius 3 is 3.06 bits per heavy atom. The molecule has 0 saturated heterocycles. The van der Waals surface area contributed by atoms with Crippen LogP contribution in [0.15, 0.2) is 41.5 Å². The highest BCUT2D eigenvalue weighted by atomic mass is 32.1. The van der Waals surface area contributed by atoms with Crippen LogP contribution in [0.1, 0.15) is 11.3 Å². The molecule has 1 aromatic carbocycles. The highest BCUT2D eigenvalue weighted by Crippen LogP contribution is 2.26. The third-order valence-corrected chi connectivity index (χ3v) is 3.27. The van der Waals surface area contributed by atoms with Gasteiger partial charge in [0, 0.05) is 21.0 Å². The molecule has 16 heavy (non-hydrogen) atoms. The van der Waals surface area contributed by atoms with Crippen LogP contribution in [0.25, 0.3) is 26.6 Å². The smallest absolute Gasteiger partial charge is 0.0349 e. The molecule has 0 amide bonds. The summed E-state index contributed by atoms with van der Waals surface area (Å²) in [7, 11) is 0. The van der Waals surface area contributed by atoms with Crippen LogP contribution in [0, 0.1) is 0 Å². The van der Waals surface area contributed by atoms with Gasteiger partial charge in [0.25, 0.3) is 0 Å². The lowest BCUT2D eigenvalue weighted by atomic mass is 10.2. The molecule has 0 aliphatic heterocycles. The van der Waals surface area contributed by atoms with E-state index >= 15 is 0 Å². The van der Waals surface area contributed by atoms with E-state index < -0.39 is 0 Å². The molecule has 0 N–H and O–H groups in total. The lowest BCUT2D eigenvalue weighted by Gasteiger charge is -1.83. The Kier molecular flexibility index (Phi) is 3.59. The molecule has 4 heteroatoms. The van der Waals surface area contributed by atoms with Crippen LogP contribution < -0.4 is 0 Å². The first-order valence-corrected chi connectivity index (χ1v) is 5.88. The fourth-order valence-corrected chi connectivity index (χ4v) is 2.46. The van der Waals surface area contributed by atoms with Crippen LogP contribution >= 0.6 is 11.3 Å². The Balaban J connectivity index is 2.06. The van der Waals surface area contributed by atoms with Crippen molar-refractivity contribution in [1.82, 2.24) is 0 Å². The maximum absolute atomic E-state index is 8.11. The molecular weight excluding hydrogens is 218 g/mol. The first-order chi connectivity index (χ1) is 7.90. The van der Waals surface area contributed by atoms with Gasteiger partial charge in [0.1, 0.15) is 0 Å². The number of benzene rings is 1. The van der Waals surface area contributed by atoms with E-state index in [0.29, 0.717) is 6.54 Å². The number of fused-ring (bicyclic) bond motifs is 1. The largest absolute Gasteiger partial charge is 0.136 e. The monoisotopic (exact) mass is 229 g/mol. The number of azide groups is 1. The molecule has 0 atom stereocenters. The third kappa shape index (κ3) is 2.63. The van der Waals surface area contributed by atoms with Crippen LogP contribution in [-0.4, -0.2) is 6.54 Å². The van der Waals surface area contributed by atoms with Crippen molar-refractivity contribution in [2.45, 2.75) is 6.42 Å². The van der Waals surface area contributed by atoms with Crippen molar-refractivity contribution in [3.8, 4) is 0 Å². The summed E-state index contributed by atoms with van der Waals surface area (Å²) >= 11 is 1.77. The SMILES string of the molecule is [N-]=[N+]=NCCC=Cc1cc2ccccc2s1. The fourth-order valence-electron chi connectivity index (χ4n) is 1.46. The minimum Gasteiger partial charge on any atom is -0.136 e. The van der Waals surface area contributed by atoms with Gasteiger partial charge in [0.2, 0.25) is 0 Å². The van der Waals surface area contributed by atoms with Crippen molar-refractivity contribution < 1.29 is 0 Å². The molecule has 2 rings (SSSR count). The Morgan fingerprint density at radius 1 is 1.38 bits per heavy atom. The molecular formula is C12H11N3S. The van der Waals surface area contributed by atoms with Crippen LogP contribution in [0.5, 0.6) is 0 Å². The number of hydrogen-bond acceptors (Lipinski definition) is 2. The molecule has 2 aromatic rings. The van der Waals surface area contributed by atoms with Crippen LogP contribution in [-0.2, 0) is 0 Å². The van der Waals surface area contributed by atoms with Gasteiger partial charge in [-0.25, -0.2) is 0 Å². The Morgan fingerprint density at radius 2 is 2.25 bits per heavy atom. The number of hydrogen-bond donors (Lipinski definition) is 0. The van der Waals surface area contributed by atoms with Crippen molar-refractivity contribution in [1.29, 1.82) is 0 Å². The second kappa shape index (κ2) is 5.35. The van der Waals surface area contributed by atoms with Gasteiger partial charge < -0.3 is 0 Å². The molecule has 0 bridgehead atoms. The predicted octanol–water partition coefficient (Wildman–Crippen LogP) is 4.61. The molecule has 1 heterocycles. The maximum Gasteiger partial charge on any atom is 0.0349 e. The number of thiophene rings is 1. The summed E-state index contributed by atoms with van der Waals surface area (Å²) in [6, 6.07) is 10.5. The van der Waals surface area contributed by atoms with E-state index in [0.717, 1.165) is 6.42 Å². The van der Waals surface area contributed by atoms with E-state index in [2.05, 4.69) is 34.3 Å². The summed E-state index contributed by atoms with van der Waals surface area (Å²) in [4.78, 5) is 3.95. The average Bonchev–Trinajstić information content (AvgIpc) is 2.71. The number of rotatable bonds is 4. The predicted molar refractivity (Wildman–Crippen MR) is 69.5 cm³/mol. The Hall–Kier alpha value is -1.77. The zero-order valence-electron chi connectivity index (χ0n) is 8.71. The lowest BCUT2D eigenvalue weighted by molar-refractivity contribution is 0.996. The van der Waals surface area contributed by atoms with Gasteiger partial charge in [0.15, 0.2) is 0 Å². The van der Waals surface area contributed by atoms with Crippen molar-refractivity contribution >= 4 is 27.5 Å². The van der Waals surface area contributed by atoms with Gasteiger partial charge in [-0.15, -0.1) is 11.3 Å². The van der Waals surface area contributed by atoms with Crippen LogP contribution in [0.4, 0.5) is 0 Å². The van der Waals surface area contributed by atoms with E-state index in [4.69, 9.17) is 5.53 Å².